The van der Waals surface area contributed by atoms with Gasteiger partial charge in [-0.25, -0.2) is 4.79 Å². The van der Waals surface area contributed by atoms with Crippen LogP contribution in [0.5, 0.6) is 5.75 Å². The molecule has 2 rings (SSSR count). The number of hydrogen-bond donors (Lipinski definition) is 1. The molecule has 0 unspecified atom stereocenters. The summed E-state index contributed by atoms with van der Waals surface area (Å²) in [5.41, 5.74) is 2.36. The summed E-state index contributed by atoms with van der Waals surface area (Å²) in [6, 6.07) is 11.9. The van der Waals surface area contributed by atoms with Crippen molar-refractivity contribution in [3.05, 3.63) is 59.2 Å². The van der Waals surface area contributed by atoms with Crippen LogP contribution in [0.3, 0.4) is 0 Å². The molecule has 0 atom stereocenters. The first-order valence-corrected chi connectivity index (χ1v) is 6.69. The Balaban J connectivity index is 2.19. The lowest BCUT2D eigenvalue weighted by molar-refractivity contribution is 0.0600. The fraction of sp³-hybridized carbons (Fsp3) is 0.176. The molecule has 0 saturated carbocycles. The molecule has 2 aromatic carbocycles. The van der Waals surface area contributed by atoms with Crippen LogP contribution in [0.4, 0.5) is 5.69 Å². The Bertz CT molecular complexity index is 710. The van der Waals surface area contributed by atoms with E-state index in [1.54, 1.807) is 49.6 Å². The van der Waals surface area contributed by atoms with Crippen LogP contribution in [0.2, 0.25) is 0 Å². The molecule has 0 spiro atoms. The lowest BCUT2D eigenvalue weighted by atomic mass is 10.1. The van der Waals surface area contributed by atoms with Gasteiger partial charge in [0.05, 0.1) is 19.8 Å². The Morgan fingerprint density at radius 3 is 2.41 bits per heavy atom. The molecule has 1 N–H and O–H groups in total. The lowest BCUT2D eigenvalue weighted by Crippen LogP contribution is -2.13. The third-order valence-corrected chi connectivity index (χ3v) is 3.23. The van der Waals surface area contributed by atoms with Crippen LogP contribution in [0.25, 0.3) is 0 Å². The maximum absolute atomic E-state index is 12.3. The van der Waals surface area contributed by atoms with Crippen molar-refractivity contribution in [1.29, 1.82) is 0 Å². The van der Waals surface area contributed by atoms with Crippen molar-refractivity contribution < 1.29 is 19.1 Å². The Morgan fingerprint density at radius 2 is 1.77 bits per heavy atom. The minimum Gasteiger partial charge on any atom is -0.497 e. The second-order valence-electron chi connectivity index (χ2n) is 4.71. The van der Waals surface area contributed by atoms with Crippen LogP contribution in [0, 0.1) is 6.92 Å². The molecule has 2 aromatic rings. The number of benzene rings is 2. The molecule has 0 saturated heterocycles. The van der Waals surface area contributed by atoms with E-state index in [1.807, 2.05) is 6.92 Å². The van der Waals surface area contributed by atoms with Gasteiger partial charge >= 0.3 is 5.97 Å². The normalized spacial score (nSPS) is 9.95. The molecule has 0 aliphatic heterocycles. The summed E-state index contributed by atoms with van der Waals surface area (Å²) in [4.78, 5) is 23.7. The van der Waals surface area contributed by atoms with E-state index in [9.17, 15) is 9.59 Å². The lowest BCUT2D eigenvalue weighted by Gasteiger charge is -2.10. The minimum absolute atomic E-state index is 0.243. The topological polar surface area (TPSA) is 64.6 Å². The molecule has 0 radical (unpaired) electrons. The quantitative estimate of drug-likeness (QED) is 0.881. The zero-order valence-corrected chi connectivity index (χ0v) is 12.7. The molecule has 0 heterocycles. The second-order valence-corrected chi connectivity index (χ2v) is 4.71. The number of hydrogen-bond acceptors (Lipinski definition) is 4. The van der Waals surface area contributed by atoms with Gasteiger partial charge in [-0.15, -0.1) is 0 Å². The summed E-state index contributed by atoms with van der Waals surface area (Å²) in [6.45, 7) is 1.81. The van der Waals surface area contributed by atoms with Crippen molar-refractivity contribution in [1.82, 2.24) is 0 Å². The smallest absolute Gasteiger partial charge is 0.337 e. The Morgan fingerprint density at radius 1 is 1.00 bits per heavy atom. The minimum atomic E-state index is -0.409. The fourth-order valence-electron chi connectivity index (χ4n) is 2.01. The number of methoxy groups -OCH3 is 2. The predicted molar refractivity (Wildman–Crippen MR) is 83.5 cm³/mol. The third kappa shape index (κ3) is 3.44. The van der Waals surface area contributed by atoms with Gasteiger partial charge < -0.3 is 14.8 Å². The number of carbonyl (C=O) groups excluding carboxylic acids is 2. The second kappa shape index (κ2) is 6.76. The fourth-order valence-corrected chi connectivity index (χ4v) is 2.01. The number of anilines is 1. The van der Waals surface area contributed by atoms with Crippen molar-refractivity contribution in [2.45, 2.75) is 6.92 Å². The van der Waals surface area contributed by atoms with Crippen LogP contribution in [0.15, 0.2) is 42.5 Å². The highest BCUT2D eigenvalue weighted by molar-refractivity contribution is 6.05. The third-order valence-electron chi connectivity index (χ3n) is 3.23. The highest BCUT2D eigenvalue weighted by Crippen LogP contribution is 2.19. The van der Waals surface area contributed by atoms with E-state index in [0.29, 0.717) is 22.6 Å². The van der Waals surface area contributed by atoms with E-state index in [-0.39, 0.29) is 5.91 Å². The number of ether oxygens (including phenoxy) is 2. The van der Waals surface area contributed by atoms with E-state index < -0.39 is 5.97 Å². The Kier molecular flexibility index (Phi) is 4.78. The molecule has 5 nitrogen and oxygen atoms in total. The molecule has 114 valence electrons. The average Bonchev–Trinajstić information content (AvgIpc) is 2.55. The maximum atomic E-state index is 12.3. The number of aryl methyl sites for hydroxylation is 1. The summed E-state index contributed by atoms with van der Waals surface area (Å²) in [7, 11) is 2.88. The van der Waals surface area contributed by atoms with E-state index in [1.165, 1.54) is 7.11 Å². The molecular weight excluding hydrogens is 282 g/mol. The number of rotatable bonds is 4. The SMILES string of the molecule is COC(=O)c1ccc(NC(=O)c2cccc(OC)c2)c(C)c1. The molecule has 5 heteroatoms. The van der Waals surface area contributed by atoms with Gasteiger partial charge in [-0.3, -0.25) is 4.79 Å². The average molecular weight is 299 g/mol. The monoisotopic (exact) mass is 299 g/mol. The molecule has 0 aromatic heterocycles. The molecule has 1 amide bonds. The molecular formula is C17H17NO4. The van der Waals surface area contributed by atoms with Crippen molar-refractivity contribution in [3.63, 3.8) is 0 Å². The zero-order chi connectivity index (χ0) is 16.1. The number of amides is 1. The first-order valence-electron chi connectivity index (χ1n) is 6.69. The summed E-state index contributed by atoms with van der Waals surface area (Å²) in [6.07, 6.45) is 0. The van der Waals surface area contributed by atoms with Crippen LogP contribution in [-0.4, -0.2) is 26.1 Å². The molecule has 0 fully saturated rings. The Hall–Kier alpha value is -2.82. The van der Waals surface area contributed by atoms with Gasteiger partial charge in [0.15, 0.2) is 0 Å². The number of nitrogens with one attached hydrogen (secondary N) is 1. The maximum Gasteiger partial charge on any atom is 0.337 e. The summed E-state index contributed by atoms with van der Waals surface area (Å²) in [5.74, 6) is -0.0352. The standard InChI is InChI=1S/C17H17NO4/c1-11-9-13(17(20)22-3)7-8-15(11)18-16(19)12-5-4-6-14(10-12)21-2/h4-10H,1-3H3,(H,18,19). The van der Waals surface area contributed by atoms with Crippen molar-refractivity contribution in [2.24, 2.45) is 0 Å². The summed E-state index contributed by atoms with van der Waals surface area (Å²) in [5, 5.41) is 2.82. The van der Waals surface area contributed by atoms with Crippen LogP contribution < -0.4 is 10.1 Å². The van der Waals surface area contributed by atoms with Crippen LogP contribution in [-0.2, 0) is 4.74 Å². The molecule has 0 aliphatic rings. The molecule has 0 aliphatic carbocycles. The first kappa shape index (κ1) is 15.6. The molecule has 0 bridgehead atoms. The van der Waals surface area contributed by atoms with E-state index in [4.69, 9.17) is 4.74 Å². The largest absolute Gasteiger partial charge is 0.497 e. The highest BCUT2D eigenvalue weighted by Gasteiger charge is 2.11. The van der Waals surface area contributed by atoms with Gasteiger partial charge in [-0.2, -0.15) is 0 Å². The zero-order valence-electron chi connectivity index (χ0n) is 12.7. The number of esters is 1. The van der Waals surface area contributed by atoms with Gasteiger partial charge in [0, 0.05) is 11.3 Å². The summed E-state index contributed by atoms with van der Waals surface area (Å²) >= 11 is 0. The van der Waals surface area contributed by atoms with E-state index in [2.05, 4.69) is 10.1 Å². The van der Waals surface area contributed by atoms with E-state index >= 15 is 0 Å². The highest BCUT2D eigenvalue weighted by atomic mass is 16.5. The Labute approximate surface area is 128 Å². The van der Waals surface area contributed by atoms with Crippen LogP contribution >= 0.6 is 0 Å². The van der Waals surface area contributed by atoms with Crippen molar-refractivity contribution in [2.75, 3.05) is 19.5 Å². The molecule has 22 heavy (non-hydrogen) atoms. The van der Waals surface area contributed by atoms with Gasteiger partial charge in [0.1, 0.15) is 5.75 Å². The predicted octanol–water partition coefficient (Wildman–Crippen LogP) is 3.04. The van der Waals surface area contributed by atoms with Crippen molar-refractivity contribution in [3.8, 4) is 5.75 Å². The van der Waals surface area contributed by atoms with Gasteiger partial charge in [-0.1, -0.05) is 6.07 Å². The van der Waals surface area contributed by atoms with Crippen LogP contribution in [0.1, 0.15) is 26.3 Å². The van der Waals surface area contributed by atoms with Gasteiger partial charge in [0.2, 0.25) is 0 Å². The van der Waals surface area contributed by atoms with Gasteiger partial charge in [-0.05, 0) is 48.9 Å². The van der Waals surface area contributed by atoms with E-state index in [0.717, 1.165) is 5.56 Å². The van der Waals surface area contributed by atoms with Crippen molar-refractivity contribution >= 4 is 17.6 Å². The van der Waals surface area contributed by atoms with Gasteiger partial charge in [0.25, 0.3) is 5.91 Å². The number of carbonyl (C=O) groups is 2. The summed E-state index contributed by atoms with van der Waals surface area (Å²) < 4.78 is 9.77. The first-order chi connectivity index (χ1) is 10.5.